The van der Waals surface area contributed by atoms with Crippen LogP contribution in [0.25, 0.3) is 0 Å². The van der Waals surface area contributed by atoms with E-state index in [-0.39, 0.29) is 18.2 Å². The van der Waals surface area contributed by atoms with Crippen molar-refractivity contribution in [3.05, 3.63) is 0 Å². The molecule has 0 aromatic heterocycles. The Balaban J connectivity index is 3.84. The summed E-state index contributed by atoms with van der Waals surface area (Å²) in [7, 11) is 0. The van der Waals surface area contributed by atoms with E-state index in [1.54, 1.807) is 18.7 Å². The van der Waals surface area contributed by atoms with Crippen molar-refractivity contribution in [2.24, 2.45) is 5.73 Å². The summed E-state index contributed by atoms with van der Waals surface area (Å²) in [5, 5.41) is 2.71. The molecular formula is C12H25N3O2. The number of nitrogens with zero attached hydrogens (tertiary/aromatic N) is 1. The number of carbonyl (C=O) groups excluding carboxylic acids is 2. The second-order valence-corrected chi connectivity index (χ2v) is 4.83. The van der Waals surface area contributed by atoms with Crippen molar-refractivity contribution in [3.8, 4) is 0 Å². The smallest absolute Gasteiger partial charge is 0.224 e. The predicted molar refractivity (Wildman–Crippen MR) is 68.4 cm³/mol. The van der Waals surface area contributed by atoms with Crippen LogP contribution in [0.3, 0.4) is 0 Å². The van der Waals surface area contributed by atoms with E-state index in [0.29, 0.717) is 26.1 Å². The van der Waals surface area contributed by atoms with Gasteiger partial charge in [-0.15, -0.1) is 0 Å². The van der Waals surface area contributed by atoms with Crippen molar-refractivity contribution < 1.29 is 9.59 Å². The van der Waals surface area contributed by atoms with E-state index in [9.17, 15) is 9.59 Å². The lowest BCUT2D eigenvalue weighted by atomic mass is 10.0. The van der Waals surface area contributed by atoms with Crippen LogP contribution in [-0.2, 0) is 9.59 Å². The molecule has 0 unspecified atom stereocenters. The summed E-state index contributed by atoms with van der Waals surface area (Å²) >= 11 is 0. The molecule has 17 heavy (non-hydrogen) atoms. The van der Waals surface area contributed by atoms with Gasteiger partial charge in [-0.2, -0.15) is 0 Å². The van der Waals surface area contributed by atoms with Crippen LogP contribution in [0.15, 0.2) is 0 Å². The lowest BCUT2D eigenvalue weighted by molar-refractivity contribution is -0.130. The fraction of sp³-hybridized carbons (Fsp3) is 0.833. The van der Waals surface area contributed by atoms with Gasteiger partial charge < -0.3 is 16.0 Å². The molecule has 0 atom stereocenters. The van der Waals surface area contributed by atoms with Crippen LogP contribution in [0.2, 0.25) is 0 Å². The van der Waals surface area contributed by atoms with Crippen LogP contribution in [0.5, 0.6) is 0 Å². The fourth-order valence-corrected chi connectivity index (χ4v) is 1.52. The van der Waals surface area contributed by atoms with Gasteiger partial charge in [0.05, 0.1) is 0 Å². The van der Waals surface area contributed by atoms with Gasteiger partial charge in [-0.05, 0) is 27.7 Å². The van der Waals surface area contributed by atoms with Crippen LogP contribution < -0.4 is 11.1 Å². The highest BCUT2D eigenvalue weighted by Crippen LogP contribution is 2.02. The van der Waals surface area contributed by atoms with Crippen LogP contribution in [0.1, 0.15) is 40.5 Å². The summed E-state index contributed by atoms with van der Waals surface area (Å²) in [4.78, 5) is 24.8. The summed E-state index contributed by atoms with van der Waals surface area (Å²) in [5.74, 6) is -0.0350. The van der Waals surface area contributed by atoms with Gasteiger partial charge in [0.15, 0.2) is 0 Å². The van der Waals surface area contributed by atoms with E-state index in [4.69, 9.17) is 5.73 Å². The maximum atomic E-state index is 11.6. The largest absolute Gasteiger partial charge is 0.356 e. The van der Waals surface area contributed by atoms with E-state index < -0.39 is 5.54 Å². The number of nitrogens with two attached hydrogens (primary N) is 1. The van der Waals surface area contributed by atoms with Crippen molar-refractivity contribution in [2.75, 3.05) is 19.6 Å². The van der Waals surface area contributed by atoms with Crippen molar-refractivity contribution in [1.29, 1.82) is 0 Å². The van der Waals surface area contributed by atoms with Crippen LogP contribution in [0, 0.1) is 0 Å². The molecule has 3 N–H and O–H groups in total. The summed E-state index contributed by atoms with van der Waals surface area (Å²) in [6, 6.07) is 0. The first-order valence-corrected chi connectivity index (χ1v) is 6.13. The lowest BCUT2D eigenvalue weighted by Gasteiger charge is -2.19. The molecule has 0 fully saturated rings. The average molecular weight is 243 g/mol. The van der Waals surface area contributed by atoms with Gasteiger partial charge in [0.25, 0.3) is 0 Å². The van der Waals surface area contributed by atoms with Gasteiger partial charge in [-0.3, -0.25) is 9.59 Å². The molecule has 100 valence electrons. The Morgan fingerprint density at radius 2 is 1.76 bits per heavy atom. The van der Waals surface area contributed by atoms with Crippen LogP contribution >= 0.6 is 0 Å². The molecule has 0 saturated heterocycles. The summed E-state index contributed by atoms with van der Waals surface area (Å²) in [6.07, 6.45) is 0.616. The maximum Gasteiger partial charge on any atom is 0.224 e. The standard InChI is InChI=1S/C12H25N3O2/c1-5-15(6-2)11(17)7-8-14-10(16)9-12(3,4)13/h5-9,13H2,1-4H3,(H,14,16). The van der Waals surface area contributed by atoms with Crippen molar-refractivity contribution in [2.45, 2.75) is 46.1 Å². The van der Waals surface area contributed by atoms with Gasteiger partial charge in [-0.1, -0.05) is 0 Å². The van der Waals surface area contributed by atoms with Gasteiger partial charge >= 0.3 is 0 Å². The zero-order valence-corrected chi connectivity index (χ0v) is 11.4. The zero-order chi connectivity index (χ0) is 13.5. The molecule has 0 rings (SSSR count). The Hall–Kier alpha value is -1.10. The second-order valence-electron chi connectivity index (χ2n) is 4.83. The van der Waals surface area contributed by atoms with Gasteiger partial charge in [0.1, 0.15) is 0 Å². The van der Waals surface area contributed by atoms with E-state index in [2.05, 4.69) is 5.32 Å². The number of carbonyl (C=O) groups is 2. The topological polar surface area (TPSA) is 75.4 Å². The van der Waals surface area contributed by atoms with Crippen molar-refractivity contribution in [1.82, 2.24) is 10.2 Å². The third kappa shape index (κ3) is 7.74. The molecule has 0 saturated carbocycles. The van der Waals surface area contributed by atoms with Crippen LogP contribution in [0.4, 0.5) is 0 Å². The number of rotatable bonds is 7. The molecule has 0 aromatic carbocycles. The normalized spacial score (nSPS) is 11.1. The Bertz CT molecular complexity index is 255. The number of hydrogen-bond donors (Lipinski definition) is 2. The number of amides is 2. The minimum atomic E-state index is -0.507. The first-order valence-electron chi connectivity index (χ1n) is 6.13. The molecule has 5 heteroatoms. The monoisotopic (exact) mass is 243 g/mol. The molecule has 0 radical (unpaired) electrons. The number of hydrogen-bond acceptors (Lipinski definition) is 3. The number of nitrogens with one attached hydrogen (secondary N) is 1. The predicted octanol–water partition coefficient (Wildman–Crippen LogP) is 0.489. The molecule has 0 spiro atoms. The minimum absolute atomic E-state index is 0.0716. The van der Waals surface area contributed by atoms with Gasteiger partial charge in [-0.25, -0.2) is 0 Å². The molecule has 2 amide bonds. The molecule has 0 aliphatic rings. The minimum Gasteiger partial charge on any atom is -0.356 e. The molecule has 0 bridgehead atoms. The molecule has 0 aromatic rings. The SMILES string of the molecule is CCN(CC)C(=O)CCNC(=O)CC(C)(C)N. The molecular weight excluding hydrogens is 218 g/mol. The van der Waals surface area contributed by atoms with Gasteiger partial charge in [0.2, 0.25) is 11.8 Å². The van der Waals surface area contributed by atoms with Crippen LogP contribution in [-0.4, -0.2) is 41.9 Å². The fourth-order valence-electron chi connectivity index (χ4n) is 1.52. The molecule has 0 aliphatic carbocycles. The van der Waals surface area contributed by atoms with Crippen molar-refractivity contribution >= 4 is 11.8 Å². The highest BCUT2D eigenvalue weighted by atomic mass is 16.2. The molecule has 5 nitrogen and oxygen atoms in total. The van der Waals surface area contributed by atoms with E-state index in [1.807, 2.05) is 13.8 Å². The zero-order valence-electron chi connectivity index (χ0n) is 11.4. The first kappa shape index (κ1) is 15.9. The molecule has 0 heterocycles. The molecule has 0 aliphatic heterocycles. The lowest BCUT2D eigenvalue weighted by Crippen LogP contribution is -2.40. The van der Waals surface area contributed by atoms with E-state index in [0.717, 1.165) is 0 Å². The van der Waals surface area contributed by atoms with E-state index in [1.165, 1.54) is 0 Å². The highest BCUT2D eigenvalue weighted by molar-refractivity contribution is 5.79. The third-order valence-electron chi connectivity index (χ3n) is 2.39. The summed E-state index contributed by atoms with van der Waals surface area (Å²) in [5.41, 5.74) is 5.22. The Labute approximate surface area is 104 Å². The second kappa shape index (κ2) is 7.27. The van der Waals surface area contributed by atoms with Gasteiger partial charge in [0, 0.05) is 38.0 Å². The Morgan fingerprint density at radius 1 is 1.24 bits per heavy atom. The highest BCUT2D eigenvalue weighted by Gasteiger charge is 2.16. The maximum absolute atomic E-state index is 11.6. The first-order chi connectivity index (χ1) is 7.80. The third-order valence-corrected chi connectivity index (χ3v) is 2.39. The average Bonchev–Trinajstić information content (AvgIpc) is 2.16. The summed E-state index contributed by atoms with van der Waals surface area (Å²) < 4.78 is 0. The Morgan fingerprint density at radius 3 is 2.18 bits per heavy atom. The quantitative estimate of drug-likeness (QED) is 0.683. The Kier molecular flexibility index (Phi) is 6.80. The van der Waals surface area contributed by atoms with E-state index >= 15 is 0 Å². The van der Waals surface area contributed by atoms with Crippen molar-refractivity contribution in [3.63, 3.8) is 0 Å². The summed E-state index contributed by atoms with van der Waals surface area (Å²) in [6.45, 7) is 9.28.